The van der Waals surface area contributed by atoms with E-state index in [1.54, 1.807) is 6.07 Å². The lowest BCUT2D eigenvalue weighted by molar-refractivity contribution is 0.405. The Kier molecular flexibility index (Phi) is 7.27. The molecule has 0 spiro atoms. The van der Waals surface area contributed by atoms with E-state index < -0.39 is 11.0 Å². The van der Waals surface area contributed by atoms with Gasteiger partial charge in [-0.2, -0.15) is 0 Å². The Morgan fingerprint density at radius 1 is 1.10 bits per heavy atom. The molecule has 0 aliphatic heterocycles. The molecule has 2 nitrogen and oxygen atoms in total. The van der Waals surface area contributed by atoms with Crippen LogP contribution in [0, 0.1) is 11.7 Å². The molecule has 0 aromatic heterocycles. The molecule has 2 aromatic rings. The second-order valence-corrected chi connectivity index (χ2v) is 10.7. The van der Waals surface area contributed by atoms with Gasteiger partial charge in [-0.05, 0) is 65.0 Å². The molecule has 0 bridgehead atoms. The molecule has 2 fully saturated rings. The van der Waals surface area contributed by atoms with Gasteiger partial charge in [-0.1, -0.05) is 75.9 Å². The summed E-state index contributed by atoms with van der Waals surface area (Å²) in [5, 5.41) is 0. The van der Waals surface area contributed by atoms with Crippen molar-refractivity contribution in [2.45, 2.75) is 70.6 Å². The fourth-order valence-corrected chi connectivity index (χ4v) is 5.63. The van der Waals surface area contributed by atoms with Gasteiger partial charge >= 0.3 is 0 Å². The van der Waals surface area contributed by atoms with Crippen molar-refractivity contribution in [3.63, 3.8) is 0 Å². The van der Waals surface area contributed by atoms with E-state index in [9.17, 15) is 8.60 Å². The van der Waals surface area contributed by atoms with Gasteiger partial charge in [-0.15, -0.1) is 0 Å². The highest BCUT2D eigenvalue weighted by Gasteiger charge is 2.27. The molecule has 4 rings (SSSR count). The number of benzene rings is 2. The zero-order valence-electron chi connectivity index (χ0n) is 18.6. The molecule has 0 amide bonds. The van der Waals surface area contributed by atoms with Gasteiger partial charge in [0.2, 0.25) is 0 Å². The summed E-state index contributed by atoms with van der Waals surface area (Å²) >= 11 is 0. The van der Waals surface area contributed by atoms with Crippen LogP contribution in [0.3, 0.4) is 0 Å². The summed E-state index contributed by atoms with van der Waals surface area (Å²) in [5.74, 6) is 1.55. The number of hydrogen-bond acceptors (Lipinski definition) is 1. The molecule has 2 aliphatic rings. The molecule has 0 saturated heterocycles. The van der Waals surface area contributed by atoms with Gasteiger partial charge in [0.15, 0.2) is 0 Å². The summed E-state index contributed by atoms with van der Waals surface area (Å²) in [6, 6.07) is 12.2. The van der Waals surface area contributed by atoms with Gasteiger partial charge in [0.05, 0.1) is 0 Å². The van der Waals surface area contributed by atoms with Crippen molar-refractivity contribution >= 4 is 11.0 Å². The summed E-state index contributed by atoms with van der Waals surface area (Å²) in [6.45, 7) is 5.95. The first-order chi connectivity index (χ1) is 15.0. The number of halogens is 1. The van der Waals surface area contributed by atoms with E-state index >= 15 is 0 Å². The van der Waals surface area contributed by atoms with Crippen molar-refractivity contribution < 1.29 is 8.60 Å². The normalized spacial score (nSPS) is 18.0. The molecule has 1 unspecified atom stereocenters. The van der Waals surface area contributed by atoms with Gasteiger partial charge in [0, 0.05) is 17.9 Å². The van der Waals surface area contributed by atoms with E-state index in [0.29, 0.717) is 18.1 Å². The predicted molar refractivity (Wildman–Crippen MR) is 129 cm³/mol. The largest absolute Gasteiger partial charge is 0.309 e. The number of allylic oxidation sites excluding steroid dienone is 1. The van der Waals surface area contributed by atoms with Crippen molar-refractivity contribution in [1.29, 1.82) is 0 Å². The summed E-state index contributed by atoms with van der Waals surface area (Å²) in [6.07, 6.45) is 10.3. The third-order valence-corrected chi connectivity index (χ3v) is 7.99. The average molecular weight is 440 g/mol. The minimum absolute atomic E-state index is 0.0659. The topological polar surface area (TPSA) is 29.1 Å². The zero-order chi connectivity index (χ0) is 21.8. The lowest BCUT2D eigenvalue weighted by Crippen LogP contribution is -2.18. The first kappa shape index (κ1) is 22.3. The SMILES string of the molecule is C=C(Cc1ccc(CC2CCCC2)c(-c2cccc(F)c2C2CCC2)c1)NS(=O)CC. The maximum atomic E-state index is 15.0. The van der Waals surface area contributed by atoms with Crippen LogP contribution < -0.4 is 4.72 Å². The Morgan fingerprint density at radius 3 is 2.55 bits per heavy atom. The number of nitrogens with one attached hydrogen (secondary N) is 1. The van der Waals surface area contributed by atoms with E-state index in [0.717, 1.165) is 47.6 Å². The minimum Gasteiger partial charge on any atom is -0.309 e. The minimum atomic E-state index is -1.09. The summed E-state index contributed by atoms with van der Waals surface area (Å²) in [5.41, 5.74) is 6.36. The fraction of sp³-hybridized carbons (Fsp3) is 0.481. The van der Waals surface area contributed by atoms with Crippen molar-refractivity contribution in [1.82, 2.24) is 4.72 Å². The summed E-state index contributed by atoms with van der Waals surface area (Å²) in [7, 11) is -1.09. The monoisotopic (exact) mass is 439 g/mol. The van der Waals surface area contributed by atoms with Crippen LogP contribution in [0.5, 0.6) is 0 Å². The highest BCUT2D eigenvalue weighted by Crippen LogP contribution is 2.44. The molecule has 0 heterocycles. The van der Waals surface area contributed by atoms with Crippen LogP contribution in [0.2, 0.25) is 0 Å². The van der Waals surface area contributed by atoms with Crippen molar-refractivity contribution in [3.05, 3.63) is 71.2 Å². The zero-order valence-corrected chi connectivity index (χ0v) is 19.4. The van der Waals surface area contributed by atoms with Crippen LogP contribution in [0.25, 0.3) is 11.1 Å². The number of hydrogen-bond donors (Lipinski definition) is 1. The molecule has 1 N–H and O–H groups in total. The second-order valence-electron chi connectivity index (χ2n) is 9.19. The van der Waals surface area contributed by atoms with Gasteiger partial charge in [0.1, 0.15) is 16.8 Å². The van der Waals surface area contributed by atoms with E-state index in [1.807, 2.05) is 13.0 Å². The molecule has 166 valence electrons. The van der Waals surface area contributed by atoms with E-state index in [-0.39, 0.29) is 5.82 Å². The molecule has 1 atom stereocenters. The van der Waals surface area contributed by atoms with Gasteiger partial charge in [-0.25, -0.2) is 8.60 Å². The molecule has 0 radical (unpaired) electrons. The highest BCUT2D eigenvalue weighted by molar-refractivity contribution is 7.83. The lowest BCUT2D eigenvalue weighted by Gasteiger charge is -2.29. The van der Waals surface area contributed by atoms with Crippen LogP contribution in [0.4, 0.5) is 4.39 Å². The molecule has 2 aromatic carbocycles. The second kappa shape index (κ2) is 10.1. The molecule has 2 saturated carbocycles. The first-order valence-electron chi connectivity index (χ1n) is 11.8. The van der Waals surface area contributed by atoms with Gasteiger partial charge in [-0.3, -0.25) is 0 Å². The average Bonchev–Trinajstić information content (AvgIpc) is 3.22. The van der Waals surface area contributed by atoms with Crippen molar-refractivity contribution in [2.24, 2.45) is 5.92 Å². The van der Waals surface area contributed by atoms with Crippen LogP contribution in [0.1, 0.15) is 74.5 Å². The Balaban J connectivity index is 1.70. The third-order valence-electron chi connectivity index (χ3n) is 6.95. The standard InChI is InChI=1S/C27H34FNOS/c1-3-31(30)29-19(2)16-21-14-15-23(17-20-8-4-5-9-20)25(18-21)24-12-7-13-26(28)27(24)22-10-6-11-22/h7,12-15,18,20,22,29H,2-6,8-11,16-17H2,1H3. The fourth-order valence-electron chi connectivity index (χ4n) is 5.09. The Morgan fingerprint density at radius 2 is 1.87 bits per heavy atom. The first-order valence-corrected chi connectivity index (χ1v) is 13.1. The molecule has 4 heteroatoms. The maximum absolute atomic E-state index is 15.0. The Bertz CT molecular complexity index is 960. The van der Waals surface area contributed by atoms with Crippen molar-refractivity contribution in [2.75, 3.05) is 5.75 Å². The smallest absolute Gasteiger partial charge is 0.127 e. The van der Waals surface area contributed by atoms with Crippen LogP contribution in [-0.2, 0) is 23.8 Å². The summed E-state index contributed by atoms with van der Waals surface area (Å²) < 4.78 is 29.8. The van der Waals surface area contributed by atoms with Gasteiger partial charge < -0.3 is 4.72 Å². The predicted octanol–water partition coefficient (Wildman–Crippen LogP) is 6.82. The Hall–Kier alpha value is -1.94. The molecule has 2 aliphatic carbocycles. The van der Waals surface area contributed by atoms with Crippen LogP contribution in [-0.4, -0.2) is 9.96 Å². The molecule has 31 heavy (non-hydrogen) atoms. The van der Waals surface area contributed by atoms with E-state index in [2.05, 4.69) is 35.6 Å². The van der Waals surface area contributed by atoms with Crippen LogP contribution in [0.15, 0.2) is 48.7 Å². The highest BCUT2D eigenvalue weighted by atomic mass is 32.2. The quantitative estimate of drug-likeness (QED) is 0.456. The van der Waals surface area contributed by atoms with Gasteiger partial charge in [0.25, 0.3) is 0 Å². The molecular formula is C27H34FNOS. The van der Waals surface area contributed by atoms with Crippen molar-refractivity contribution in [3.8, 4) is 11.1 Å². The lowest BCUT2D eigenvalue weighted by atomic mass is 9.76. The third kappa shape index (κ3) is 5.28. The van der Waals surface area contributed by atoms with Crippen LogP contribution >= 0.6 is 0 Å². The molecular weight excluding hydrogens is 405 g/mol. The Labute approximate surface area is 188 Å². The summed E-state index contributed by atoms with van der Waals surface area (Å²) in [4.78, 5) is 0. The van der Waals surface area contributed by atoms with E-state index in [1.165, 1.54) is 43.2 Å². The van der Waals surface area contributed by atoms with E-state index in [4.69, 9.17) is 0 Å². The maximum Gasteiger partial charge on any atom is 0.127 e. The number of rotatable bonds is 9.